The van der Waals surface area contributed by atoms with Crippen molar-refractivity contribution < 1.29 is 14.3 Å². The smallest absolute Gasteiger partial charge is 0.272 e. The average Bonchev–Trinajstić information content (AvgIpc) is 2.92. The van der Waals surface area contributed by atoms with Crippen LogP contribution in [0.5, 0.6) is 5.75 Å². The van der Waals surface area contributed by atoms with Crippen LogP contribution in [0.4, 0.5) is 0 Å². The number of amides is 2. The third-order valence-corrected chi connectivity index (χ3v) is 6.96. The van der Waals surface area contributed by atoms with E-state index in [-0.39, 0.29) is 17.9 Å². The number of likely N-dealkylation sites (tertiary alicyclic amines) is 1. The van der Waals surface area contributed by atoms with Gasteiger partial charge in [0.2, 0.25) is 5.91 Å². The molecule has 1 aromatic heterocycles. The van der Waals surface area contributed by atoms with Crippen LogP contribution in [0.3, 0.4) is 0 Å². The Morgan fingerprint density at radius 3 is 2.37 bits per heavy atom. The molecule has 0 aliphatic carbocycles. The van der Waals surface area contributed by atoms with Crippen molar-refractivity contribution >= 4 is 11.8 Å². The van der Waals surface area contributed by atoms with Gasteiger partial charge in [-0.1, -0.05) is 54.6 Å². The first kappa shape index (κ1) is 24.5. The number of hydrogen-bond donors (Lipinski definition) is 0. The molecule has 6 nitrogen and oxygen atoms in total. The number of aromatic nitrogens is 1. The lowest BCUT2D eigenvalue weighted by atomic mass is 9.84. The van der Waals surface area contributed by atoms with Crippen molar-refractivity contribution in [1.82, 2.24) is 14.8 Å². The second-order valence-corrected chi connectivity index (χ2v) is 9.09. The molecule has 0 unspecified atom stereocenters. The molecule has 3 aromatic rings. The first-order valence-electron chi connectivity index (χ1n) is 12.2. The van der Waals surface area contributed by atoms with Crippen LogP contribution in [0.15, 0.2) is 79.0 Å². The fourth-order valence-electron chi connectivity index (χ4n) is 4.95. The zero-order chi connectivity index (χ0) is 24.6. The van der Waals surface area contributed by atoms with Gasteiger partial charge in [-0.2, -0.15) is 0 Å². The number of hydrogen-bond acceptors (Lipinski definition) is 4. The Kier molecular flexibility index (Phi) is 8.14. The molecule has 2 aromatic carbocycles. The van der Waals surface area contributed by atoms with Crippen LogP contribution in [0.25, 0.3) is 0 Å². The molecule has 1 aliphatic heterocycles. The Labute approximate surface area is 207 Å². The number of carbonyl (C=O) groups excluding carboxylic acids is 2. The molecule has 0 saturated carbocycles. The van der Waals surface area contributed by atoms with Crippen LogP contribution < -0.4 is 4.74 Å². The van der Waals surface area contributed by atoms with Crippen LogP contribution in [0.1, 0.15) is 34.5 Å². The lowest BCUT2D eigenvalue weighted by molar-refractivity contribution is -0.132. The third-order valence-electron chi connectivity index (χ3n) is 6.96. The number of rotatable bonds is 8. The molecule has 1 fully saturated rings. The van der Waals surface area contributed by atoms with E-state index >= 15 is 0 Å². The Hall–Kier alpha value is -3.67. The summed E-state index contributed by atoms with van der Waals surface area (Å²) >= 11 is 0. The van der Waals surface area contributed by atoms with Crippen molar-refractivity contribution in [3.8, 4) is 5.75 Å². The molecule has 6 heteroatoms. The Morgan fingerprint density at radius 1 is 1.00 bits per heavy atom. The molecular formula is C29H33N3O3. The van der Waals surface area contributed by atoms with E-state index < -0.39 is 0 Å². The lowest BCUT2D eigenvalue weighted by Gasteiger charge is -2.40. The maximum atomic E-state index is 13.2. The highest BCUT2D eigenvalue weighted by molar-refractivity contribution is 5.92. The number of ether oxygens (including phenoxy) is 1. The van der Waals surface area contributed by atoms with Gasteiger partial charge < -0.3 is 14.5 Å². The van der Waals surface area contributed by atoms with E-state index in [9.17, 15) is 9.59 Å². The molecule has 0 bridgehead atoms. The highest BCUT2D eigenvalue weighted by Crippen LogP contribution is 2.28. The number of pyridine rings is 1. The van der Waals surface area contributed by atoms with Crippen LogP contribution in [-0.4, -0.2) is 59.9 Å². The van der Waals surface area contributed by atoms with Crippen molar-refractivity contribution in [1.29, 1.82) is 0 Å². The largest absolute Gasteiger partial charge is 0.496 e. The third kappa shape index (κ3) is 6.07. The standard InChI is InChI=1S/C29H33N3O3/c1-31(29(34)25-13-8-9-17-30-25)26(20-22-10-4-3-5-11-22)23-15-18-32(19-16-23)28(33)21-24-12-6-7-14-27(24)35-2/h3-14,17,23,26H,15-16,18-21H2,1-2H3/t26-/m0/s1. The van der Waals surface area contributed by atoms with Crippen molar-refractivity contribution in [3.63, 3.8) is 0 Å². The van der Waals surface area contributed by atoms with Gasteiger partial charge in [-0.3, -0.25) is 14.6 Å². The number of benzene rings is 2. The van der Waals surface area contributed by atoms with Crippen LogP contribution in [0.2, 0.25) is 0 Å². The summed E-state index contributed by atoms with van der Waals surface area (Å²) in [5.74, 6) is 1.09. The molecule has 2 amide bonds. The fourth-order valence-corrected chi connectivity index (χ4v) is 4.95. The van der Waals surface area contributed by atoms with E-state index in [4.69, 9.17) is 4.74 Å². The Bertz CT molecular complexity index is 1110. The summed E-state index contributed by atoms with van der Waals surface area (Å²) in [5.41, 5.74) is 2.56. The molecule has 1 atom stereocenters. The number of likely N-dealkylation sites (N-methyl/N-ethyl adjacent to an activating group) is 1. The lowest BCUT2D eigenvalue weighted by Crippen LogP contribution is -2.48. The monoisotopic (exact) mass is 471 g/mol. The topological polar surface area (TPSA) is 62.7 Å². The highest BCUT2D eigenvalue weighted by Gasteiger charge is 2.33. The Balaban J connectivity index is 1.45. The zero-order valence-electron chi connectivity index (χ0n) is 20.5. The first-order valence-corrected chi connectivity index (χ1v) is 12.2. The van der Waals surface area contributed by atoms with E-state index in [0.717, 1.165) is 30.6 Å². The molecule has 1 aliphatic rings. The maximum Gasteiger partial charge on any atom is 0.272 e. The number of piperidine rings is 1. The summed E-state index contributed by atoms with van der Waals surface area (Å²) in [5, 5.41) is 0. The van der Waals surface area contributed by atoms with Crippen LogP contribution in [0, 0.1) is 5.92 Å². The van der Waals surface area contributed by atoms with E-state index in [2.05, 4.69) is 17.1 Å². The first-order chi connectivity index (χ1) is 17.1. The van der Waals surface area contributed by atoms with Gasteiger partial charge in [0.05, 0.1) is 13.5 Å². The van der Waals surface area contributed by atoms with Gasteiger partial charge in [0, 0.05) is 37.9 Å². The van der Waals surface area contributed by atoms with Crippen molar-refractivity contribution in [3.05, 3.63) is 95.8 Å². The summed E-state index contributed by atoms with van der Waals surface area (Å²) in [4.78, 5) is 34.3. The number of methoxy groups -OCH3 is 1. The minimum Gasteiger partial charge on any atom is -0.496 e. The minimum absolute atomic E-state index is 0.0263. The molecule has 1 saturated heterocycles. The van der Waals surface area contributed by atoms with Gasteiger partial charge in [0.1, 0.15) is 11.4 Å². The molecule has 0 spiro atoms. The highest BCUT2D eigenvalue weighted by atomic mass is 16.5. The quantitative estimate of drug-likeness (QED) is 0.493. The second-order valence-electron chi connectivity index (χ2n) is 9.09. The normalized spacial score (nSPS) is 14.9. The maximum absolute atomic E-state index is 13.2. The number of carbonyl (C=O) groups is 2. The van der Waals surface area contributed by atoms with Gasteiger partial charge >= 0.3 is 0 Å². The van der Waals surface area contributed by atoms with Gasteiger partial charge in [0.15, 0.2) is 0 Å². The summed E-state index contributed by atoms with van der Waals surface area (Å²) in [6, 6.07) is 23.4. The summed E-state index contributed by atoms with van der Waals surface area (Å²) in [6.07, 6.45) is 4.47. The molecular weight excluding hydrogens is 438 g/mol. The number of para-hydroxylation sites is 1. The predicted molar refractivity (Wildman–Crippen MR) is 136 cm³/mol. The predicted octanol–water partition coefficient (Wildman–Crippen LogP) is 4.25. The van der Waals surface area contributed by atoms with E-state index in [1.165, 1.54) is 5.56 Å². The molecule has 2 heterocycles. The van der Waals surface area contributed by atoms with Gasteiger partial charge in [-0.05, 0) is 48.9 Å². The molecule has 0 N–H and O–H groups in total. The van der Waals surface area contributed by atoms with Crippen molar-refractivity contribution in [2.75, 3.05) is 27.2 Å². The second kappa shape index (κ2) is 11.6. The molecule has 35 heavy (non-hydrogen) atoms. The van der Waals surface area contributed by atoms with Gasteiger partial charge in [0.25, 0.3) is 5.91 Å². The fraction of sp³-hybridized carbons (Fsp3) is 0.345. The Morgan fingerprint density at radius 2 is 1.69 bits per heavy atom. The summed E-state index contributed by atoms with van der Waals surface area (Å²) in [6.45, 7) is 1.38. The summed E-state index contributed by atoms with van der Waals surface area (Å²) in [7, 11) is 3.51. The van der Waals surface area contributed by atoms with E-state index in [1.54, 1.807) is 19.4 Å². The van der Waals surface area contributed by atoms with Crippen molar-refractivity contribution in [2.45, 2.75) is 31.7 Å². The van der Waals surface area contributed by atoms with Gasteiger partial charge in [-0.25, -0.2) is 0 Å². The van der Waals surface area contributed by atoms with Crippen LogP contribution >= 0.6 is 0 Å². The number of nitrogens with zero attached hydrogens (tertiary/aromatic N) is 3. The van der Waals surface area contributed by atoms with Crippen molar-refractivity contribution in [2.24, 2.45) is 5.92 Å². The SMILES string of the molecule is COc1ccccc1CC(=O)N1CCC([C@H](Cc2ccccc2)N(C)C(=O)c2ccccn2)CC1. The minimum atomic E-state index is -0.0683. The average molecular weight is 472 g/mol. The molecule has 0 radical (unpaired) electrons. The summed E-state index contributed by atoms with van der Waals surface area (Å²) < 4.78 is 5.41. The van der Waals surface area contributed by atoms with E-state index in [1.807, 2.05) is 71.4 Å². The zero-order valence-corrected chi connectivity index (χ0v) is 20.5. The molecule has 182 valence electrons. The van der Waals surface area contributed by atoms with Gasteiger partial charge in [-0.15, -0.1) is 0 Å². The molecule has 4 rings (SSSR count). The van der Waals surface area contributed by atoms with Crippen LogP contribution in [-0.2, 0) is 17.6 Å². The van der Waals surface area contributed by atoms with E-state index in [0.29, 0.717) is 31.1 Å².